The zero-order valence-electron chi connectivity index (χ0n) is 10.4. The zero-order chi connectivity index (χ0) is 13.0. The molecule has 0 atom stereocenters. The van der Waals surface area contributed by atoms with Gasteiger partial charge in [0.25, 0.3) is 5.56 Å². The number of carbonyl (C=O) groups is 1. The molecule has 0 aliphatic heterocycles. The van der Waals surface area contributed by atoms with Crippen LogP contribution in [0.3, 0.4) is 0 Å². The quantitative estimate of drug-likeness (QED) is 0.824. The van der Waals surface area contributed by atoms with Crippen LogP contribution in [0, 0.1) is 6.92 Å². The van der Waals surface area contributed by atoms with Gasteiger partial charge in [0.05, 0.1) is 0 Å². The largest absolute Gasteiger partial charge is 0.477 e. The van der Waals surface area contributed by atoms with Gasteiger partial charge in [-0.1, -0.05) is 0 Å². The van der Waals surface area contributed by atoms with Crippen molar-refractivity contribution in [3.8, 4) is 0 Å². The Morgan fingerprint density at radius 2 is 2.12 bits per heavy atom. The first-order chi connectivity index (χ1) is 7.93. The van der Waals surface area contributed by atoms with E-state index in [1.54, 1.807) is 19.2 Å². The topological polar surface area (TPSA) is 62.5 Å². The van der Waals surface area contributed by atoms with E-state index in [-0.39, 0.29) is 5.56 Å². The molecule has 94 valence electrons. The number of aryl methyl sites for hydroxylation is 2. The smallest absolute Gasteiger partial charge is 0.341 e. The van der Waals surface area contributed by atoms with Gasteiger partial charge < -0.3 is 14.6 Å². The van der Waals surface area contributed by atoms with Gasteiger partial charge in [-0.25, -0.2) is 4.79 Å². The van der Waals surface area contributed by atoms with Crippen LogP contribution in [-0.4, -0.2) is 41.2 Å². The molecule has 0 aliphatic carbocycles. The summed E-state index contributed by atoms with van der Waals surface area (Å²) in [6.07, 6.45) is 2.47. The zero-order valence-corrected chi connectivity index (χ0v) is 10.4. The number of aromatic nitrogens is 1. The van der Waals surface area contributed by atoms with Crippen LogP contribution < -0.4 is 5.56 Å². The van der Waals surface area contributed by atoms with Crippen molar-refractivity contribution in [1.82, 2.24) is 9.47 Å². The van der Waals surface area contributed by atoms with Gasteiger partial charge in [0.2, 0.25) is 0 Å². The number of carboxylic acid groups (broad SMARTS) is 1. The first kappa shape index (κ1) is 13.4. The van der Waals surface area contributed by atoms with Gasteiger partial charge in [0, 0.05) is 12.7 Å². The molecule has 1 N–H and O–H groups in total. The van der Waals surface area contributed by atoms with E-state index < -0.39 is 11.5 Å². The molecule has 1 aromatic heterocycles. The lowest BCUT2D eigenvalue weighted by Gasteiger charge is -2.11. The van der Waals surface area contributed by atoms with E-state index in [9.17, 15) is 9.59 Å². The molecule has 0 aromatic carbocycles. The fraction of sp³-hybridized carbons (Fsp3) is 0.500. The highest BCUT2D eigenvalue weighted by molar-refractivity contribution is 5.88. The molecule has 1 heterocycles. The van der Waals surface area contributed by atoms with Crippen LogP contribution >= 0.6 is 0 Å². The summed E-state index contributed by atoms with van der Waals surface area (Å²) in [5, 5.41) is 8.96. The average molecular weight is 238 g/mol. The van der Waals surface area contributed by atoms with E-state index in [0.29, 0.717) is 12.1 Å². The average Bonchev–Trinajstić information content (AvgIpc) is 2.20. The molecule has 5 nitrogen and oxygen atoms in total. The molecule has 0 radical (unpaired) electrons. The lowest BCUT2D eigenvalue weighted by molar-refractivity contribution is 0.0693. The lowest BCUT2D eigenvalue weighted by Crippen LogP contribution is -2.28. The molecule has 1 rings (SSSR count). The van der Waals surface area contributed by atoms with Gasteiger partial charge in [-0.05, 0) is 45.6 Å². The minimum absolute atomic E-state index is 0.127. The van der Waals surface area contributed by atoms with E-state index in [2.05, 4.69) is 0 Å². The molecule has 0 bridgehead atoms. The van der Waals surface area contributed by atoms with E-state index in [1.165, 1.54) is 4.57 Å². The van der Waals surface area contributed by atoms with Crippen LogP contribution in [0.25, 0.3) is 0 Å². The van der Waals surface area contributed by atoms with Gasteiger partial charge in [0.1, 0.15) is 5.56 Å². The predicted octanol–water partition coefficient (Wildman–Crippen LogP) is 0.807. The Morgan fingerprint density at radius 1 is 1.47 bits per heavy atom. The minimum Gasteiger partial charge on any atom is -0.477 e. The first-order valence-electron chi connectivity index (χ1n) is 5.51. The third-order valence-corrected chi connectivity index (χ3v) is 2.59. The summed E-state index contributed by atoms with van der Waals surface area (Å²) in [5.74, 6) is -1.16. The van der Waals surface area contributed by atoms with Crippen LogP contribution in [0.4, 0.5) is 0 Å². The molecular weight excluding hydrogens is 220 g/mol. The van der Waals surface area contributed by atoms with Gasteiger partial charge in [-0.15, -0.1) is 0 Å². The molecule has 0 fully saturated rings. The number of pyridine rings is 1. The molecule has 0 aliphatic rings. The number of hydrogen-bond acceptors (Lipinski definition) is 3. The van der Waals surface area contributed by atoms with Crippen LogP contribution in [0.5, 0.6) is 0 Å². The summed E-state index contributed by atoms with van der Waals surface area (Å²) in [6, 6.07) is 1.67. The highest BCUT2D eigenvalue weighted by Gasteiger charge is 2.13. The van der Waals surface area contributed by atoms with Crippen molar-refractivity contribution < 1.29 is 9.90 Å². The highest BCUT2D eigenvalue weighted by atomic mass is 16.4. The van der Waals surface area contributed by atoms with Gasteiger partial charge >= 0.3 is 5.97 Å². The number of hydrogen-bond donors (Lipinski definition) is 1. The lowest BCUT2D eigenvalue weighted by atomic mass is 10.1. The maximum absolute atomic E-state index is 11.9. The molecule has 0 saturated carbocycles. The molecule has 5 heteroatoms. The van der Waals surface area contributed by atoms with E-state index >= 15 is 0 Å². The third kappa shape index (κ3) is 3.42. The van der Waals surface area contributed by atoms with E-state index in [0.717, 1.165) is 13.0 Å². The van der Waals surface area contributed by atoms with Crippen molar-refractivity contribution >= 4 is 5.97 Å². The van der Waals surface area contributed by atoms with Crippen LogP contribution in [0.1, 0.15) is 22.3 Å². The first-order valence-corrected chi connectivity index (χ1v) is 5.51. The van der Waals surface area contributed by atoms with Gasteiger partial charge in [0.15, 0.2) is 0 Å². The third-order valence-electron chi connectivity index (χ3n) is 2.59. The molecular formula is C12H18N2O3. The Morgan fingerprint density at radius 3 is 2.65 bits per heavy atom. The van der Waals surface area contributed by atoms with Crippen LogP contribution in [0.2, 0.25) is 0 Å². The molecule has 17 heavy (non-hydrogen) atoms. The summed E-state index contributed by atoms with van der Waals surface area (Å²) >= 11 is 0. The van der Waals surface area contributed by atoms with E-state index in [1.807, 2.05) is 19.0 Å². The summed E-state index contributed by atoms with van der Waals surface area (Å²) in [4.78, 5) is 24.9. The monoisotopic (exact) mass is 238 g/mol. The summed E-state index contributed by atoms with van der Waals surface area (Å²) < 4.78 is 1.46. The van der Waals surface area contributed by atoms with Crippen molar-refractivity contribution in [2.24, 2.45) is 0 Å². The maximum Gasteiger partial charge on any atom is 0.341 e. The van der Waals surface area contributed by atoms with Crippen molar-refractivity contribution in [2.45, 2.75) is 19.9 Å². The van der Waals surface area contributed by atoms with Crippen molar-refractivity contribution in [3.05, 3.63) is 33.7 Å². The van der Waals surface area contributed by atoms with Crippen molar-refractivity contribution in [1.29, 1.82) is 0 Å². The normalized spacial score (nSPS) is 10.8. The Balaban J connectivity index is 2.92. The summed E-state index contributed by atoms with van der Waals surface area (Å²) in [7, 11) is 3.92. The second-order valence-corrected chi connectivity index (χ2v) is 4.33. The van der Waals surface area contributed by atoms with Crippen LogP contribution in [0.15, 0.2) is 17.1 Å². The number of aromatic carboxylic acids is 1. The predicted molar refractivity (Wildman–Crippen MR) is 65.6 cm³/mol. The second-order valence-electron chi connectivity index (χ2n) is 4.33. The molecule has 0 spiro atoms. The summed E-state index contributed by atoms with van der Waals surface area (Å²) in [5.41, 5.74) is -0.0417. The Kier molecular flexibility index (Phi) is 4.45. The van der Waals surface area contributed by atoms with Gasteiger partial charge in [-0.3, -0.25) is 4.79 Å². The maximum atomic E-state index is 11.9. The number of nitrogens with zero attached hydrogens (tertiary/aromatic N) is 2. The standard InChI is InChI=1S/C12H18N2O3/c1-9-5-8-14(7-4-6-13(2)3)11(15)10(9)12(16)17/h5,8H,4,6-7H2,1-3H3,(H,16,17). The fourth-order valence-electron chi connectivity index (χ4n) is 1.66. The number of carboxylic acids is 1. The molecule has 0 saturated heterocycles. The SMILES string of the molecule is Cc1ccn(CCCN(C)C)c(=O)c1C(=O)O. The van der Waals surface area contributed by atoms with Crippen LogP contribution in [-0.2, 0) is 6.54 Å². The Labute approximate surface area is 100 Å². The Hall–Kier alpha value is -1.62. The van der Waals surface area contributed by atoms with E-state index in [4.69, 9.17) is 5.11 Å². The highest BCUT2D eigenvalue weighted by Crippen LogP contribution is 2.02. The second kappa shape index (κ2) is 5.63. The molecule has 1 aromatic rings. The molecule has 0 unspecified atom stereocenters. The summed E-state index contributed by atoms with van der Waals surface area (Å²) in [6.45, 7) is 3.04. The fourth-order valence-corrected chi connectivity index (χ4v) is 1.66. The molecule has 0 amide bonds. The van der Waals surface area contributed by atoms with Gasteiger partial charge in [-0.2, -0.15) is 0 Å². The van der Waals surface area contributed by atoms with Crippen molar-refractivity contribution in [3.63, 3.8) is 0 Å². The Bertz CT molecular complexity index is 463. The van der Waals surface area contributed by atoms with Crippen molar-refractivity contribution in [2.75, 3.05) is 20.6 Å². The number of rotatable bonds is 5. The minimum atomic E-state index is -1.16.